The van der Waals surface area contributed by atoms with Gasteiger partial charge < -0.3 is 10.1 Å². The van der Waals surface area contributed by atoms with Gasteiger partial charge in [-0.2, -0.15) is 0 Å². The molecule has 0 unspecified atom stereocenters. The van der Waals surface area contributed by atoms with Crippen LogP contribution in [0.5, 0.6) is 0 Å². The number of amides is 1. The van der Waals surface area contributed by atoms with Crippen LogP contribution in [0.3, 0.4) is 0 Å². The fourth-order valence-corrected chi connectivity index (χ4v) is 2.50. The number of ether oxygens (including phenoxy) is 1. The van der Waals surface area contributed by atoms with E-state index in [0.29, 0.717) is 0 Å². The Hall–Kier alpha value is -2.21. The van der Waals surface area contributed by atoms with E-state index in [0.717, 1.165) is 17.0 Å². The van der Waals surface area contributed by atoms with E-state index in [2.05, 4.69) is 10.3 Å². The Morgan fingerprint density at radius 1 is 1.32 bits per heavy atom. The molecule has 1 aromatic heterocycles. The molecule has 0 aliphatic carbocycles. The average molecular weight is 318 g/mol. The minimum absolute atomic E-state index is 0.0650. The summed E-state index contributed by atoms with van der Waals surface area (Å²) in [5, 5.41) is 5.12. The van der Waals surface area contributed by atoms with E-state index in [4.69, 9.17) is 4.74 Å². The van der Waals surface area contributed by atoms with Gasteiger partial charge in [-0.3, -0.25) is 4.79 Å². The van der Waals surface area contributed by atoms with Crippen LogP contribution in [-0.4, -0.2) is 29.5 Å². The lowest BCUT2D eigenvalue weighted by molar-refractivity contribution is -0.124. The van der Waals surface area contributed by atoms with Crippen LogP contribution in [0.25, 0.3) is 10.6 Å². The van der Waals surface area contributed by atoms with Gasteiger partial charge in [0, 0.05) is 17.0 Å². The molecule has 1 heterocycles. The predicted octanol–water partition coefficient (Wildman–Crippen LogP) is 2.88. The molecule has 0 fully saturated rings. The quantitative estimate of drug-likeness (QED) is 0.832. The van der Waals surface area contributed by atoms with Crippen molar-refractivity contribution in [3.63, 3.8) is 0 Å². The van der Waals surface area contributed by atoms with Crippen LogP contribution in [0.2, 0.25) is 0 Å². The summed E-state index contributed by atoms with van der Waals surface area (Å²) < 4.78 is 4.98. The Kier molecular flexibility index (Phi) is 5.66. The van der Waals surface area contributed by atoms with Crippen LogP contribution >= 0.6 is 11.3 Å². The normalized spacial score (nSPS) is 11.7. The third-order valence-electron chi connectivity index (χ3n) is 3.09. The van der Waals surface area contributed by atoms with Gasteiger partial charge in [0.2, 0.25) is 0 Å². The van der Waals surface area contributed by atoms with Crippen molar-refractivity contribution in [2.45, 2.75) is 26.3 Å². The molecule has 0 spiro atoms. The number of benzene rings is 1. The van der Waals surface area contributed by atoms with E-state index in [9.17, 15) is 9.59 Å². The van der Waals surface area contributed by atoms with E-state index >= 15 is 0 Å². The van der Waals surface area contributed by atoms with Crippen LogP contribution < -0.4 is 5.32 Å². The second-order valence-electron chi connectivity index (χ2n) is 4.86. The number of hydrogen-bond acceptors (Lipinski definition) is 5. The van der Waals surface area contributed by atoms with Gasteiger partial charge in [-0.25, -0.2) is 9.78 Å². The van der Waals surface area contributed by atoms with E-state index in [1.54, 1.807) is 5.38 Å². The number of esters is 1. The van der Waals surface area contributed by atoms with Crippen LogP contribution in [0, 0.1) is 0 Å². The predicted molar refractivity (Wildman–Crippen MR) is 85.7 cm³/mol. The number of aromatic nitrogens is 1. The summed E-state index contributed by atoms with van der Waals surface area (Å²) in [6, 6.07) is 9.65. The SMILES string of the molecule is CC[C@H](C)NC(=O)COC(=O)c1csc(-c2ccccc2)n1. The number of hydrogen-bond donors (Lipinski definition) is 1. The molecule has 1 N–H and O–H groups in total. The minimum atomic E-state index is -0.585. The van der Waals surface area contributed by atoms with Crippen molar-refractivity contribution in [3.05, 3.63) is 41.4 Å². The maximum atomic E-state index is 11.9. The standard InChI is InChI=1S/C16H18N2O3S/c1-3-11(2)17-14(19)9-21-16(20)13-10-22-15(18-13)12-7-5-4-6-8-12/h4-8,10-11H,3,9H2,1-2H3,(H,17,19)/t11-/m0/s1. The molecule has 0 saturated carbocycles. The van der Waals surface area contributed by atoms with Gasteiger partial charge in [0.15, 0.2) is 12.3 Å². The molecule has 0 saturated heterocycles. The molecule has 0 bridgehead atoms. The fraction of sp³-hybridized carbons (Fsp3) is 0.312. The van der Waals surface area contributed by atoms with Gasteiger partial charge >= 0.3 is 5.97 Å². The maximum Gasteiger partial charge on any atom is 0.358 e. The van der Waals surface area contributed by atoms with Crippen molar-refractivity contribution in [2.75, 3.05) is 6.61 Å². The third-order valence-corrected chi connectivity index (χ3v) is 3.98. The highest BCUT2D eigenvalue weighted by Crippen LogP contribution is 2.23. The molecule has 2 aromatic rings. The lowest BCUT2D eigenvalue weighted by Crippen LogP contribution is -2.35. The molecule has 22 heavy (non-hydrogen) atoms. The summed E-state index contributed by atoms with van der Waals surface area (Å²) in [4.78, 5) is 27.7. The molecular weight excluding hydrogens is 300 g/mol. The van der Waals surface area contributed by atoms with Crippen molar-refractivity contribution >= 4 is 23.2 Å². The molecule has 0 radical (unpaired) electrons. The highest BCUT2D eigenvalue weighted by atomic mass is 32.1. The molecule has 1 aromatic carbocycles. The van der Waals surface area contributed by atoms with E-state index in [1.807, 2.05) is 44.2 Å². The molecular formula is C16H18N2O3S. The summed E-state index contributed by atoms with van der Waals surface area (Å²) >= 11 is 1.37. The van der Waals surface area contributed by atoms with Crippen molar-refractivity contribution in [1.82, 2.24) is 10.3 Å². The van der Waals surface area contributed by atoms with Gasteiger partial charge in [0.05, 0.1) is 0 Å². The molecule has 5 nitrogen and oxygen atoms in total. The summed E-state index contributed by atoms with van der Waals surface area (Å²) in [6.45, 7) is 3.57. The molecule has 0 aliphatic heterocycles. The highest BCUT2D eigenvalue weighted by Gasteiger charge is 2.15. The van der Waals surface area contributed by atoms with E-state index < -0.39 is 5.97 Å². The Morgan fingerprint density at radius 2 is 2.05 bits per heavy atom. The van der Waals surface area contributed by atoms with Crippen molar-refractivity contribution in [1.29, 1.82) is 0 Å². The Morgan fingerprint density at radius 3 is 2.73 bits per heavy atom. The van der Waals surface area contributed by atoms with Crippen molar-refractivity contribution in [3.8, 4) is 10.6 Å². The minimum Gasteiger partial charge on any atom is -0.451 e. The number of carbonyl (C=O) groups excluding carboxylic acids is 2. The number of carbonyl (C=O) groups is 2. The Balaban J connectivity index is 1.91. The molecule has 1 amide bonds. The first-order valence-corrected chi connectivity index (χ1v) is 7.95. The number of nitrogens with one attached hydrogen (secondary N) is 1. The maximum absolute atomic E-state index is 11.9. The van der Waals surface area contributed by atoms with Gasteiger partial charge in [0.25, 0.3) is 5.91 Å². The van der Waals surface area contributed by atoms with Crippen LogP contribution in [0.1, 0.15) is 30.8 Å². The fourth-order valence-electron chi connectivity index (χ4n) is 1.70. The zero-order valence-electron chi connectivity index (χ0n) is 12.5. The van der Waals surface area contributed by atoms with Gasteiger partial charge in [-0.05, 0) is 13.3 Å². The Bertz CT molecular complexity index is 640. The number of thiazole rings is 1. The largest absolute Gasteiger partial charge is 0.451 e. The van der Waals surface area contributed by atoms with Crippen LogP contribution in [0.4, 0.5) is 0 Å². The van der Waals surface area contributed by atoms with Crippen molar-refractivity contribution < 1.29 is 14.3 Å². The smallest absolute Gasteiger partial charge is 0.358 e. The van der Waals surface area contributed by atoms with Gasteiger partial charge in [-0.15, -0.1) is 11.3 Å². The first-order chi connectivity index (χ1) is 10.6. The van der Waals surface area contributed by atoms with Gasteiger partial charge in [0.1, 0.15) is 5.01 Å². The average Bonchev–Trinajstić information content (AvgIpc) is 3.03. The van der Waals surface area contributed by atoms with Crippen LogP contribution in [0.15, 0.2) is 35.7 Å². The second-order valence-corrected chi connectivity index (χ2v) is 5.71. The number of nitrogens with zero attached hydrogens (tertiary/aromatic N) is 1. The first kappa shape index (κ1) is 16.2. The molecule has 2 rings (SSSR count). The molecule has 1 atom stereocenters. The summed E-state index contributed by atoms with van der Waals surface area (Å²) in [5.74, 6) is -0.890. The topological polar surface area (TPSA) is 68.3 Å². The monoisotopic (exact) mass is 318 g/mol. The van der Waals surface area contributed by atoms with Crippen molar-refractivity contribution in [2.24, 2.45) is 0 Å². The first-order valence-electron chi connectivity index (χ1n) is 7.07. The summed E-state index contributed by atoms with van der Waals surface area (Å²) in [7, 11) is 0. The lowest BCUT2D eigenvalue weighted by Gasteiger charge is -2.10. The van der Waals surface area contributed by atoms with Gasteiger partial charge in [-0.1, -0.05) is 37.3 Å². The lowest BCUT2D eigenvalue weighted by atomic mass is 10.2. The highest BCUT2D eigenvalue weighted by molar-refractivity contribution is 7.13. The van der Waals surface area contributed by atoms with E-state index in [1.165, 1.54) is 11.3 Å². The second kappa shape index (κ2) is 7.70. The Labute approximate surface area is 133 Å². The molecule has 0 aliphatic rings. The molecule has 116 valence electrons. The van der Waals surface area contributed by atoms with Crippen LogP contribution in [-0.2, 0) is 9.53 Å². The third kappa shape index (κ3) is 4.39. The number of rotatable bonds is 6. The summed E-state index contributed by atoms with van der Waals surface area (Å²) in [6.07, 6.45) is 0.826. The summed E-state index contributed by atoms with van der Waals surface area (Å²) in [5.41, 5.74) is 1.17. The zero-order valence-corrected chi connectivity index (χ0v) is 13.4. The zero-order chi connectivity index (χ0) is 15.9. The van der Waals surface area contributed by atoms with E-state index in [-0.39, 0.29) is 24.2 Å². The molecule has 6 heteroatoms.